The van der Waals surface area contributed by atoms with Crippen molar-refractivity contribution in [3.8, 4) is 0 Å². The first kappa shape index (κ1) is 21.9. The highest BCUT2D eigenvalue weighted by Gasteiger charge is 2.29. The van der Waals surface area contributed by atoms with Crippen LogP contribution in [0.2, 0.25) is 0 Å². The molecule has 34 heavy (non-hydrogen) atoms. The standard InChI is InChI=1S/C26H27N5O3/c1-18-8-10-19(11-9-18)16-31-23-22(7-2-12-27-23)29-24(26(31)33)30-13-3-5-20(17-30)25(32)28-15-21-6-4-14-34-21/h2,4,6-12,14,20H,3,5,13,15-17H2,1H3,(H,28,32)/t20-/m1/s1. The number of nitrogens with one attached hydrogen (secondary N) is 1. The molecule has 0 spiro atoms. The number of fused-ring (bicyclic) bond motifs is 1. The Morgan fingerprint density at radius 3 is 2.82 bits per heavy atom. The quantitative estimate of drug-likeness (QED) is 0.478. The van der Waals surface area contributed by atoms with Crippen molar-refractivity contribution in [3.63, 3.8) is 0 Å². The summed E-state index contributed by atoms with van der Waals surface area (Å²) in [4.78, 5) is 37.5. The van der Waals surface area contributed by atoms with Crippen LogP contribution in [-0.4, -0.2) is 33.5 Å². The second kappa shape index (κ2) is 9.51. The normalized spacial score (nSPS) is 16.0. The first-order valence-corrected chi connectivity index (χ1v) is 11.5. The number of piperidine rings is 1. The van der Waals surface area contributed by atoms with E-state index in [2.05, 4.69) is 15.3 Å². The number of anilines is 1. The summed E-state index contributed by atoms with van der Waals surface area (Å²) in [6.45, 7) is 3.92. The van der Waals surface area contributed by atoms with Crippen molar-refractivity contribution < 1.29 is 9.21 Å². The topological polar surface area (TPSA) is 93.3 Å². The van der Waals surface area contributed by atoms with Gasteiger partial charge in [0.05, 0.1) is 25.3 Å². The van der Waals surface area contributed by atoms with Gasteiger partial charge in [-0.25, -0.2) is 9.97 Å². The van der Waals surface area contributed by atoms with Crippen LogP contribution < -0.4 is 15.8 Å². The summed E-state index contributed by atoms with van der Waals surface area (Å²) in [5, 5.41) is 2.95. The van der Waals surface area contributed by atoms with Crippen LogP contribution in [0.5, 0.6) is 0 Å². The van der Waals surface area contributed by atoms with Gasteiger partial charge in [0.25, 0.3) is 5.56 Å². The van der Waals surface area contributed by atoms with Gasteiger partial charge < -0.3 is 14.6 Å². The molecule has 0 unspecified atom stereocenters. The highest BCUT2D eigenvalue weighted by molar-refractivity contribution is 5.79. The molecule has 1 atom stereocenters. The van der Waals surface area contributed by atoms with Gasteiger partial charge >= 0.3 is 0 Å². The molecule has 3 aromatic heterocycles. The van der Waals surface area contributed by atoms with E-state index in [1.54, 1.807) is 23.1 Å². The van der Waals surface area contributed by atoms with Crippen LogP contribution in [-0.2, 0) is 17.9 Å². The Kier molecular flexibility index (Phi) is 6.12. The van der Waals surface area contributed by atoms with E-state index < -0.39 is 0 Å². The molecule has 0 aliphatic carbocycles. The Labute approximate surface area is 197 Å². The first-order chi connectivity index (χ1) is 16.6. The van der Waals surface area contributed by atoms with Gasteiger partial charge in [0.15, 0.2) is 11.5 Å². The lowest BCUT2D eigenvalue weighted by molar-refractivity contribution is -0.125. The van der Waals surface area contributed by atoms with Crippen molar-refractivity contribution in [2.24, 2.45) is 5.92 Å². The number of nitrogens with zero attached hydrogens (tertiary/aromatic N) is 4. The molecular weight excluding hydrogens is 430 g/mol. The van der Waals surface area contributed by atoms with Gasteiger partial charge in [-0.05, 0) is 49.6 Å². The summed E-state index contributed by atoms with van der Waals surface area (Å²) in [5.74, 6) is 0.823. The van der Waals surface area contributed by atoms with Crippen LogP contribution in [0.4, 0.5) is 5.82 Å². The minimum Gasteiger partial charge on any atom is -0.467 e. The van der Waals surface area contributed by atoms with Gasteiger partial charge in [-0.3, -0.25) is 14.2 Å². The number of carbonyl (C=O) groups is 1. The summed E-state index contributed by atoms with van der Waals surface area (Å²) in [5.41, 5.74) is 3.21. The number of aromatic nitrogens is 3. The molecule has 0 radical (unpaired) electrons. The number of aryl methyl sites for hydroxylation is 1. The van der Waals surface area contributed by atoms with Crippen molar-refractivity contribution >= 4 is 22.9 Å². The third-order valence-corrected chi connectivity index (χ3v) is 6.25. The fourth-order valence-electron chi connectivity index (χ4n) is 4.41. The van der Waals surface area contributed by atoms with Gasteiger partial charge in [0, 0.05) is 19.3 Å². The van der Waals surface area contributed by atoms with E-state index in [0.29, 0.717) is 48.9 Å². The Bertz CT molecular complexity index is 1350. The molecule has 5 rings (SSSR count). The lowest BCUT2D eigenvalue weighted by Gasteiger charge is -2.32. The number of furan rings is 1. The fraction of sp³-hybridized carbons (Fsp3) is 0.308. The number of amides is 1. The Morgan fingerprint density at radius 2 is 2.03 bits per heavy atom. The molecule has 1 N–H and O–H groups in total. The Morgan fingerprint density at radius 1 is 1.18 bits per heavy atom. The highest BCUT2D eigenvalue weighted by atomic mass is 16.3. The molecule has 4 aromatic rings. The average Bonchev–Trinajstić information content (AvgIpc) is 3.39. The molecule has 0 bridgehead atoms. The lowest BCUT2D eigenvalue weighted by Crippen LogP contribution is -2.45. The van der Waals surface area contributed by atoms with Gasteiger partial charge in [0.1, 0.15) is 11.3 Å². The zero-order valence-corrected chi connectivity index (χ0v) is 19.1. The summed E-state index contributed by atoms with van der Waals surface area (Å²) >= 11 is 0. The van der Waals surface area contributed by atoms with Crippen LogP contribution in [0.25, 0.3) is 11.2 Å². The SMILES string of the molecule is Cc1ccc(Cn2c(=O)c(N3CCC[C@@H](C(=O)NCc4ccco4)C3)nc3cccnc32)cc1. The maximum absolute atomic E-state index is 13.6. The number of hydrogen-bond donors (Lipinski definition) is 1. The van der Waals surface area contributed by atoms with Crippen LogP contribution >= 0.6 is 0 Å². The minimum atomic E-state index is -0.222. The second-order valence-electron chi connectivity index (χ2n) is 8.74. The van der Waals surface area contributed by atoms with Crippen molar-refractivity contribution in [2.75, 3.05) is 18.0 Å². The fourth-order valence-corrected chi connectivity index (χ4v) is 4.41. The smallest absolute Gasteiger partial charge is 0.295 e. The third kappa shape index (κ3) is 4.57. The zero-order chi connectivity index (χ0) is 23.5. The maximum atomic E-state index is 13.6. The molecule has 1 saturated heterocycles. The van der Waals surface area contributed by atoms with Crippen LogP contribution in [0.3, 0.4) is 0 Å². The van der Waals surface area contributed by atoms with E-state index >= 15 is 0 Å². The monoisotopic (exact) mass is 457 g/mol. The average molecular weight is 458 g/mol. The summed E-state index contributed by atoms with van der Waals surface area (Å²) in [7, 11) is 0. The molecule has 174 valence electrons. The molecule has 0 saturated carbocycles. The molecule has 1 aliphatic rings. The van der Waals surface area contributed by atoms with Crippen LogP contribution in [0, 0.1) is 12.8 Å². The van der Waals surface area contributed by atoms with Crippen LogP contribution in [0.15, 0.2) is 70.2 Å². The highest BCUT2D eigenvalue weighted by Crippen LogP contribution is 2.22. The lowest BCUT2D eigenvalue weighted by atomic mass is 9.97. The van der Waals surface area contributed by atoms with E-state index in [-0.39, 0.29) is 17.4 Å². The number of rotatable bonds is 6. The number of hydrogen-bond acceptors (Lipinski definition) is 6. The van der Waals surface area contributed by atoms with Crippen molar-refractivity contribution in [1.29, 1.82) is 0 Å². The van der Waals surface area contributed by atoms with Gasteiger partial charge in [-0.1, -0.05) is 29.8 Å². The number of pyridine rings is 1. The largest absolute Gasteiger partial charge is 0.467 e. The molecule has 1 aliphatic heterocycles. The predicted molar refractivity (Wildman–Crippen MR) is 130 cm³/mol. The molecule has 1 fully saturated rings. The molecule has 4 heterocycles. The molecule has 8 nitrogen and oxygen atoms in total. The first-order valence-electron chi connectivity index (χ1n) is 11.5. The van der Waals surface area contributed by atoms with E-state index in [9.17, 15) is 9.59 Å². The molecule has 1 aromatic carbocycles. The van der Waals surface area contributed by atoms with Gasteiger partial charge in [0.2, 0.25) is 5.91 Å². The minimum absolute atomic E-state index is 0.0384. The van der Waals surface area contributed by atoms with E-state index in [0.717, 1.165) is 18.4 Å². The predicted octanol–water partition coefficient (Wildman–Crippen LogP) is 3.27. The summed E-state index contributed by atoms with van der Waals surface area (Å²) in [6, 6.07) is 15.4. The molecule has 8 heteroatoms. The number of carbonyl (C=O) groups excluding carboxylic acids is 1. The van der Waals surface area contributed by atoms with Crippen molar-refractivity contribution in [3.05, 3.63) is 88.2 Å². The van der Waals surface area contributed by atoms with Crippen molar-refractivity contribution in [2.45, 2.75) is 32.9 Å². The third-order valence-electron chi connectivity index (χ3n) is 6.25. The summed E-state index contributed by atoms with van der Waals surface area (Å²) < 4.78 is 6.99. The summed E-state index contributed by atoms with van der Waals surface area (Å²) in [6.07, 6.45) is 4.84. The van der Waals surface area contributed by atoms with Gasteiger partial charge in [-0.15, -0.1) is 0 Å². The van der Waals surface area contributed by atoms with Crippen LogP contribution in [0.1, 0.15) is 29.7 Å². The van der Waals surface area contributed by atoms with E-state index in [1.165, 1.54) is 5.56 Å². The van der Waals surface area contributed by atoms with E-state index in [1.807, 2.05) is 54.3 Å². The Balaban J connectivity index is 1.42. The van der Waals surface area contributed by atoms with Crippen molar-refractivity contribution in [1.82, 2.24) is 19.9 Å². The van der Waals surface area contributed by atoms with E-state index in [4.69, 9.17) is 4.42 Å². The second-order valence-corrected chi connectivity index (χ2v) is 8.74. The molecule has 1 amide bonds. The number of benzene rings is 1. The van der Waals surface area contributed by atoms with Gasteiger partial charge in [-0.2, -0.15) is 0 Å². The molecular formula is C26H27N5O3. The Hall–Kier alpha value is -3.94. The maximum Gasteiger partial charge on any atom is 0.295 e. The zero-order valence-electron chi connectivity index (χ0n) is 19.1.